The standard InChI is InChI=1S/C47H29NO/c1-5-17-35-31(13-1)32-14-2-6-18-36(32)45(35)44(46-37-19-7-3-15-33(37)34-16-4-8-20-38(34)46)30-27-25-29(26-28-30)43-39-21-9-10-22-40(39)48-41-23-11-12-24-42(41)49-47(43)48/h1-28,45H. The van der Waals surface area contributed by atoms with Crippen LogP contribution in [0.1, 0.15) is 33.7 Å². The maximum Gasteiger partial charge on any atom is 0.213 e. The van der Waals surface area contributed by atoms with E-state index in [4.69, 9.17) is 4.42 Å². The Kier molecular flexibility index (Phi) is 5.47. The van der Waals surface area contributed by atoms with Crippen molar-refractivity contribution in [2.75, 3.05) is 0 Å². The normalized spacial score (nSPS) is 13.2. The first-order valence-corrected chi connectivity index (χ1v) is 17.0. The van der Waals surface area contributed by atoms with E-state index < -0.39 is 0 Å². The van der Waals surface area contributed by atoms with Crippen LogP contribution in [0.25, 0.3) is 72.2 Å². The van der Waals surface area contributed by atoms with E-state index in [-0.39, 0.29) is 5.92 Å². The van der Waals surface area contributed by atoms with Crippen LogP contribution in [0, 0.1) is 0 Å². The summed E-state index contributed by atoms with van der Waals surface area (Å²) in [4.78, 5) is 0. The minimum Gasteiger partial charge on any atom is -0.438 e. The third kappa shape index (κ3) is 3.66. The zero-order valence-electron chi connectivity index (χ0n) is 26.6. The van der Waals surface area contributed by atoms with Crippen LogP contribution in [0.4, 0.5) is 0 Å². The van der Waals surface area contributed by atoms with Gasteiger partial charge in [0.05, 0.1) is 16.6 Å². The summed E-state index contributed by atoms with van der Waals surface area (Å²) in [5, 5.41) is 1.19. The predicted octanol–water partition coefficient (Wildman–Crippen LogP) is 12.3. The first-order valence-electron chi connectivity index (χ1n) is 17.0. The van der Waals surface area contributed by atoms with Gasteiger partial charge in [-0.15, -0.1) is 0 Å². The molecule has 0 bridgehead atoms. The van der Waals surface area contributed by atoms with E-state index in [9.17, 15) is 0 Å². The van der Waals surface area contributed by atoms with Crippen LogP contribution in [-0.4, -0.2) is 4.40 Å². The zero-order chi connectivity index (χ0) is 32.1. The maximum absolute atomic E-state index is 6.57. The lowest BCUT2D eigenvalue weighted by Gasteiger charge is -2.23. The third-order valence-electron chi connectivity index (χ3n) is 10.7. The van der Waals surface area contributed by atoms with Crippen LogP contribution in [0.2, 0.25) is 0 Å². The van der Waals surface area contributed by atoms with Gasteiger partial charge in [0.2, 0.25) is 5.71 Å². The molecule has 9 aromatic rings. The first-order chi connectivity index (χ1) is 24.3. The number of para-hydroxylation sites is 3. The van der Waals surface area contributed by atoms with Crippen molar-refractivity contribution < 1.29 is 4.42 Å². The summed E-state index contributed by atoms with van der Waals surface area (Å²) < 4.78 is 8.84. The summed E-state index contributed by atoms with van der Waals surface area (Å²) in [5.41, 5.74) is 20.7. The van der Waals surface area contributed by atoms with Gasteiger partial charge in [-0.25, -0.2) is 0 Å². The second-order valence-electron chi connectivity index (χ2n) is 13.2. The molecule has 2 nitrogen and oxygen atoms in total. The van der Waals surface area contributed by atoms with Crippen molar-refractivity contribution >= 4 is 38.9 Å². The van der Waals surface area contributed by atoms with Crippen molar-refractivity contribution in [1.82, 2.24) is 4.40 Å². The summed E-state index contributed by atoms with van der Waals surface area (Å²) in [5.74, 6) is 0.0878. The molecule has 0 radical (unpaired) electrons. The molecule has 0 N–H and O–H groups in total. The summed E-state index contributed by atoms with van der Waals surface area (Å²) in [6, 6.07) is 62.0. The van der Waals surface area contributed by atoms with E-state index in [0.29, 0.717) is 0 Å². The molecule has 228 valence electrons. The topological polar surface area (TPSA) is 17.6 Å². The number of rotatable bonds is 3. The minimum absolute atomic E-state index is 0.0878. The molecule has 0 saturated heterocycles. The van der Waals surface area contributed by atoms with E-state index >= 15 is 0 Å². The molecule has 2 heteroatoms. The predicted molar refractivity (Wildman–Crippen MR) is 202 cm³/mol. The Hall–Kier alpha value is -6.38. The zero-order valence-corrected chi connectivity index (χ0v) is 26.6. The highest BCUT2D eigenvalue weighted by Crippen LogP contribution is 2.56. The molecule has 2 aromatic heterocycles. The number of nitrogens with zero attached hydrogens (tertiary/aromatic N) is 1. The van der Waals surface area contributed by atoms with E-state index in [1.54, 1.807) is 0 Å². The largest absolute Gasteiger partial charge is 0.438 e. The van der Waals surface area contributed by atoms with Crippen molar-refractivity contribution in [1.29, 1.82) is 0 Å². The monoisotopic (exact) mass is 623 g/mol. The number of allylic oxidation sites excluding steroid dienone is 1. The minimum atomic E-state index is 0.0878. The average molecular weight is 624 g/mol. The van der Waals surface area contributed by atoms with E-state index in [0.717, 1.165) is 33.5 Å². The van der Waals surface area contributed by atoms with Gasteiger partial charge in [-0.2, -0.15) is 0 Å². The molecule has 11 rings (SSSR count). The van der Waals surface area contributed by atoms with Gasteiger partial charge in [0.25, 0.3) is 0 Å². The first kappa shape index (κ1) is 26.7. The molecule has 0 amide bonds. The molecule has 0 unspecified atom stereocenters. The fraction of sp³-hybridized carbons (Fsp3) is 0.0213. The highest BCUT2D eigenvalue weighted by Gasteiger charge is 2.36. The summed E-state index contributed by atoms with van der Waals surface area (Å²) in [6.07, 6.45) is 0. The van der Waals surface area contributed by atoms with E-state index in [2.05, 4.69) is 168 Å². The quantitative estimate of drug-likeness (QED) is 0.191. The Bertz CT molecular complexity index is 2730. The number of hydrogen-bond donors (Lipinski definition) is 0. The Balaban J connectivity index is 1.19. The van der Waals surface area contributed by atoms with Gasteiger partial charge in [-0.1, -0.05) is 152 Å². The molecule has 0 aliphatic heterocycles. The van der Waals surface area contributed by atoms with Gasteiger partial charge < -0.3 is 4.42 Å². The van der Waals surface area contributed by atoms with Crippen molar-refractivity contribution in [3.63, 3.8) is 0 Å². The molecule has 7 aromatic carbocycles. The van der Waals surface area contributed by atoms with Crippen molar-refractivity contribution in [3.8, 4) is 33.4 Å². The van der Waals surface area contributed by atoms with Gasteiger partial charge >= 0.3 is 0 Å². The fourth-order valence-corrected chi connectivity index (χ4v) is 8.71. The van der Waals surface area contributed by atoms with Crippen LogP contribution in [0.5, 0.6) is 0 Å². The maximum atomic E-state index is 6.57. The van der Waals surface area contributed by atoms with Gasteiger partial charge in [0, 0.05) is 11.3 Å². The molecule has 2 aliphatic rings. The summed E-state index contributed by atoms with van der Waals surface area (Å²) >= 11 is 0. The van der Waals surface area contributed by atoms with Crippen molar-refractivity contribution in [2.24, 2.45) is 0 Å². The van der Waals surface area contributed by atoms with Crippen LogP contribution < -0.4 is 0 Å². The molecule has 2 heterocycles. The number of hydrogen-bond acceptors (Lipinski definition) is 1. The summed E-state index contributed by atoms with van der Waals surface area (Å²) in [6.45, 7) is 0. The van der Waals surface area contributed by atoms with Crippen LogP contribution in [0.3, 0.4) is 0 Å². The van der Waals surface area contributed by atoms with Gasteiger partial charge in [-0.3, -0.25) is 4.40 Å². The lowest BCUT2D eigenvalue weighted by atomic mass is 9.79. The molecular weight excluding hydrogens is 595 g/mol. The lowest BCUT2D eigenvalue weighted by molar-refractivity contribution is 0.658. The lowest BCUT2D eigenvalue weighted by Crippen LogP contribution is -2.04. The number of fused-ring (bicyclic) bond motifs is 11. The second-order valence-corrected chi connectivity index (χ2v) is 13.2. The highest BCUT2D eigenvalue weighted by atomic mass is 16.3. The summed E-state index contributed by atoms with van der Waals surface area (Å²) in [7, 11) is 0. The Labute approximate surface area is 283 Å². The van der Waals surface area contributed by atoms with Crippen LogP contribution in [-0.2, 0) is 0 Å². The molecule has 49 heavy (non-hydrogen) atoms. The van der Waals surface area contributed by atoms with E-state index in [1.807, 2.05) is 6.07 Å². The second kappa shape index (κ2) is 10.1. The van der Waals surface area contributed by atoms with Crippen LogP contribution >= 0.6 is 0 Å². The molecule has 2 aliphatic carbocycles. The van der Waals surface area contributed by atoms with Gasteiger partial charge in [0.1, 0.15) is 0 Å². The van der Waals surface area contributed by atoms with Gasteiger partial charge in [0.15, 0.2) is 5.58 Å². The number of oxazole rings is 1. The number of aromatic nitrogens is 1. The Morgan fingerprint density at radius 3 is 1.61 bits per heavy atom. The molecule has 0 saturated carbocycles. The SMILES string of the molecule is c1ccc2c(c1)C(=C(c1ccc(-c3c4ccccc4n4c3oc3ccccc34)cc1)C1c3ccccc3-c3ccccc31)c1ccccc1-2. The van der Waals surface area contributed by atoms with Crippen molar-refractivity contribution in [3.05, 3.63) is 198 Å². The third-order valence-corrected chi connectivity index (χ3v) is 10.7. The Morgan fingerprint density at radius 2 is 0.959 bits per heavy atom. The van der Waals surface area contributed by atoms with E-state index in [1.165, 1.54) is 66.6 Å². The molecule has 0 atom stereocenters. The molecule has 0 fully saturated rings. The fourth-order valence-electron chi connectivity index (χ4n) is 8.71. The molecule has 0 spiro atoms. The highest BCUT2D eigenvalue weighted by molar-refractivity contribution is 6.13. The van der Waals surface area contributed by atoms with Crippen molar-refractivity contribution in [2.45, 2.75) is 5.92 Å². The van der Waals surface area contributed by atoms with Crippen LogP contribution in [0.15, 0.2) is 174 Å². The molecular formula is C47H29NO. The number of benzene rings is 7. The Morgan fingerprint density at radius 1 is 0.449 bits per heavy atom. The average Bonchev–Trinajstić information content (AvgIpc) is 3.89. The van der Waals surface area contributed by atoms with Gasteiger partial charge in [-0.05, 0) is 85.0 Å². The smallest absolute Gasteiger partial charge is 0.213 e.